The van der Waals surface area contributed by atoms with Crippen LogP contribution in [0.5, 0.6) is 0 Å². The molecule has 1 saturated heterocycles. The van der Waals surface area contributed by atoms with Crippen LogP contribution in [0.25, 0.3) is 0 Å². The zero-order chi connectivity index (χ0) is 21.1. The highest BCUT2D eigenvalue weighted by molar-refractivity contribution is 7.12. The van der Waals surface area contributed by atoms with Crippen molar-refractivity contribution < 1.29 is 18.8 Å². The summed E-state index contributed by atoms with van der Waals surface area (Å²) in [4.78, 5) is 40.4. The Labute approximate surface area is 178 Å². The van der Waals surface area contributed by atoms with Crippen LogP contribution in [-0.2, 0) is 4.79 Å². The Morgan fingerprint density at radius 3 is 2.33 bits per heavy atom. The number of likely N-dealkylation sites (tertiary alicyclic amines) is 1. The molecule has 1 saturated carbocycles. The fraction of sp³-hybridized carbons (Fsp3) is 0.409. The first-order valence-corrected chi connectivity index (χ1v) is 11.1. The van der Waals surface area contributed by atoms with Crippen molar-refractivity contribution in [2.45, 2.75) is 37.8 Å². The third-order valence-electron chi connectivity index (χ3n) is 5.63. The van der Waals surface area contributed by atoms with Crippen molar-refractivity contribution in [1.29, 1.82) is 0 Å². The van der Waals surface area contributed by atoms with Crippen molar-refractivity contribution in [3.05, 3.63) is 58.0 Å². The van der Waals surface area contributed by atoms with Gasteiger partial charge in [0, 0.05) is 24.7 Å². The number of amides is 3. The zero-order valence-electron chi connectivity index (χ0n) is 16.5. The minimum absolute atomic E-state index is 0.0510. The lowest BCUT2D eigenvalue weighted by Crippen LogP contribution is -2.54. The van der Waals surface area contributed by atoms with Gasteiger partial charge in [-0.2, -0.15) is 0 Å². The standard InChI is InChI=1S/C22H24FN3O3S/c23-16-5-3-15(4-6-16)22(29)26-11-9-14(10-12-26)19(21(28)24-17-7-8-17)25-20(27)18-2-1-13-30-18/h1-6,13-14,17,19H,7-12H2,(H,24,28)(H,25,27). The fourth-order valence-corrected chi connectivity index (χ4v) is 4.37. The van der Waals surface area contributed by atoms with E-state index in [0.717, 1.165) is 12.8 Å². The molecule has 2 aliphatic rings. The van der Waals surface area contributed by atoms with Crippen LogP contribution in [0.2, 0.25) is 0 Å². The molecule has 1 aliphatic carbocycles. The molecule has 0 radical (unpaired) electrons. The van der Waals surface area contributed by atoms with Crippen molar-refractivity contribution in [3.8, 4) is 0 Å². The molecule has 1 aliphatic heterocycles. The molecule has 6 nitrogen and oxygen atoms in total. The Bertz CT molecular complexity index is 904. The largest absolute Gasteiger partial charge is 0.352 e. The maximum atomic E-state index is 13.1. The smallest absolute Gasteiger partial charge is 0.262 e. The molecule has 2 heterocycles. The summed E-state index contributed by atoms with van der Waals surface area (Å²) in [5.41, 5.74) is 0.448. The summed E-state index contributed by atoms with van der Waals surface area (Å²) < 4.78 is 13.1. The second kappa shape index (κ2) is 8.95. The first kappa shape index (κ1) is 20.5. The van der Waals surface area contributed by atoms with E-state index in [1.54, 1.807) is 17.0 Å². The molecule has 8 heteroatoms. The highest BCUT2D eigenvalue weighted by Crippen LogP contribution is 2.25. The average molecular weight is 430 g/mol. The quantitative estimate of drug-likeness (QED) is 0.741. The summed E-state index contributed by atoms with van der Waals surface area (Å²) in [6, 6.07) is 8.64. The number of benzene rings is 1. The Morgan fingerprint density at radius 2 is 1.73 bits per heavy atom. The number of carbonyl (C=O) groups is 3. The summed E-state index contributed by atoms with van der Waals surface area (Å²) >= 11 is 1.34. The van der Waals surface area contributed by atoms with E-state index in [1.807, 2.05) is 5.38 Å². The van der Waals surface area contributed by atoms with E-state index in [0.29, 0.717) is 36.4 Å². The SMILES string of the molecule is O=C(NC(C(=O)NC1CC1)C1CCN(C(=O)c2ccc(F)cc2)CC1)c1cccs1. The summed E-state index contributed by atoms with van der Waals surface area (Å²) in [6.45, 7) is 0.978. The first-order chi connectivity index (χ1) is 14.5. The number of piperidine rings is 1. The van der Waals surface area contributed by atoms with Crippen LogP contribution in [0.4, 0.5) is 4.39 Å². The predicted molar refractivity (Wildman–Crippen MR) is 112 cm³/mol. The molecule has 1 aromatic heterocycles. The van der Waals surface area contributed by atoms with Gasteiger partial charge in [-0.1, -0.05) is 6.07 Å². The minimum Gasteiger partial charge on any atom is -0.352 e. The maximum absolute atomic E-state index is 13.1. The molecule has 1 atom stereocenters. The molecule has 0 bridgehead atoms. The van der Waals surface area contributed by atoms with Gasteiger partial charge in [0.15, 0.2) is 0 Å². The van der Waals surface area contributed by atoms with E-state index in [-0.39, 0.29) is 35.5 Å². The summed E-state index contributed by atoms with van der Waals surface area (Å²) in [5.74, 6) is -0.965. The van der Waals surface area contributed by atoms with Crippen molar-refractivity contribution in [1.82, 2.24) is 15.5 Å². The summed E-state index contributed by atoms with van der Waals surface area (Å²) in [6.07, 6.45) is 3.17. The first-order valence-electron chi connectivity index (χ1n) is 10.2. The van der Waals surface area contributed by atoms with Crippen LogP contribution < -0.4 is 10.6 Å². The maximum Gasteiger partial charge on any atom is 0.262 e. The zero-order valence-corrected chi connectivity index (χ0v) is 17.3. The van der Waals surface area contributed by atoms with Crippen LogP contribution in [0.1, 0.15) is 45.7 Å². The molecule has 158 valence electrons. The van der Waals surface area contributed by atoms with Gasteiger partial charge in [0.25, 0.3) is 11.8 Å². The molecule has 3 amide bonds. The van der Waals surface area contributed by atoms with Crippen molar-refractivity contribution in [2.24, 2.45) is 5.92 Å². The van der Waals surface area contributed by atoms with Gasteiger partial charge >= 0.3 is 0 Å². The Morgan fingerprint density at radius 1 is 1.03 bits per heavy atom. The third kappa shape index (κ3) is 4.87. The number of thiophene rings is 1. The summed E-state index contributed by atoms with van der Waals surface area (Å²) in [7, 11) is 0. The van der Waals surface area contributed by atoms with E-state index in [4.69, 9.17) is 0 Å². The molecule has 1 unspecified atom stereocenters. The monoisotopic (exact) mass is 429 g/mol. The van der Waals surface area contributed by atoms with Crippen molar-refractivity contribution >= 4 is 29.1 Å². The topological polar surface area (TPSA) is 78.5 Å². The van der Waals surface area contributed by atoms with Gasteiger partial charge in [-0.3, -0.25) is 14.4 Å². The second-order valence-electron chi connectivity index (χ2n) is 7.85. The lowest BCUT2D eigenvalue weighted by molar-refractivity contribution is -0.124. The van der Waals surface area contributed by atoms with Gasteiger partial charge in [0.05, 0.1) is 4.88 Å². The number of carbonyl (C=O) groups excluding carboxylic acids is 3. The molecular weight excluding hydrogens is 405 g/mol. The Hall–Kier alpha value is -2.74. The van der Waals surface area contributed by atoms with Crippen LogP contribution in [-0.4, -0.2) is 47.8 Å². The van der Waals surface area contributed by atoms with E-state index in [2.05, 4.69) is 10.6 Å². The van der Waals surface area contributed by atoms with E-state index < -0.39 is 6.04 Å². The van der Waals surface area contributed by atoms with Crippen LogP contribution in [0, 0.1) is 11.7 Å². The van der Waals surface area contributed by atoms with Crippen molar-refractivity contribution in [2.75, 3.05) is 13.1 Å². The lowest BCUT2D eigenvalue weighted by atomic mass is 9.88. The molecule has 4 rings (SSSR count). The van der Waals surface area contributed by atoms with Crippen LogP contribution in [0.3, 0.4) is 0 Å². The molecule has 0 spiro atoms. The average Bonchev–Trinajstić information content (AvgIpc) is 3.39. The van der Waals surface area contributed by atoms with Gasteiger partial charge in [-0.25, -0.2) is 4.39 Å². The molecule has 30 heavy (non-hydrogen) atoms. The molecule has 2 fully saturated rings. The van der Waals surface area contributed by atoms with Gasteiger partial charge < -0.3 is 15.5 Å². The van der Waals surface area contributed by atoms with Gasteiger partial charge in [-0.15, -0.1) is 11.3 Å². The molecule has 1 aromatic carbocycles. The predicted octanol–water partition coefficient (Wildman–Crippen LogP) is 2.82. The Balaban J connectivity index is 1.40. The number of hydrogen-bond acceptors (Lipinski definition) is 4. The highest BCUT2D eigenvalue weighted by atomic mass is 32.1. The Kier molecular flexibility index (Phi) is 6.13. The second-order valence-corrected chi connectivity index (χ2v) is 8.80. The van der Waals surface area contributed by atoms with Crippen LogP contribution >= 0.6 is 11.3 Å². The molecule has 2 aromatic rings. The van der Waals surface area contributed by atoms with Crippen LogP contribution in [0.15, 0.2) is 41.8 Å². The van der Waals surface area contributed by atoms with Gasteiger partial charge in [-0.05, 0) is 67.3 Å². The number of halogens is 1. The highest BCUT2D eigenvalue weighted by Gasteiger charge is 2.36. The molecule has 2 N–H and O–H groups in total. The minimum atomic E-state index is -0.622. The lowest BCUT2D eigenvalue weighted by Gasteiger charge is -2.35. The van der Waals surface area contributed by atoms with Gasteiger partial charge in [0.2, 0.25) is 5.91 Å². The number of nitrogens with zero attached hydrogens (tertiary/aromatic N) is 1. The fourth-order valence-electron chi connectivity index (χ4n) is 3.75. The summed E-state index contributed by atoms with van der Waals surface area (Å²) in [5, 5.41) is 7.75. The van der Waals surface area contributed by atoms with E-state index in [1.165, 1.54) is 35.6 Å². The van der Waals surface area contributed by atoms with Crippen molar-refractivity contribution in [3.63, 3.8) is 0 Å². The normalized spacial score (nSPS) is 18.0. The number of hydrogen-bond donors (Lipinski definition) is 2. The number of rotatable bonds is 6. The van der Waals surface area contributed by atoms with Gasteiger partial charge in [0.1, 0.15) is 11.9 Å². The third-order valence-corrected chi connectivity index (χ3v) is 6.50. The molecular formula is C22H24FN3O3S. The van der Waals surface area contributed by atoms with E-state index in [9.17, 15) is 18.8 Å². The van der Waals surface area contributed by atoms with E-state index >= 15 is 0 Å². The number of nitrogens with one attached hydrogen (secondary N) is 2.